The Morgan fingerprint density at radius 1 is 1.10 bits per heavy atom. The van der Waals surface area contributed by atoms with Crippen LogP contribution in [0.2, 0.25) is 0 Å². The molecule has 0 radical (unpaired) electrons. The Morgan fingerprint density at radius 2 is 1.83 bits per heavy atom. The first-order valence-electron chi connectivity index (χ1n) is 11.2. The van der Waals surface area contributed by atoms with Crippen LogP contribution < -0.4 is 10.6 Å². The highest BCUT2D eigenvalue weighted by Gasteiger charge is 2.20. The number of nitrogens with one attached hydrogen (secondary N) is 2. The van der Waals surface area contributed by atoms with Crippen LogP contribution in [0.3, 0.4) is 0 Å². The molecule has 1 heterocycles. The van der Waals surface area contributed by atoms with Crippen LogP contribution in [0.5, 0.6) is 0 Å². The Bertz CT molecular complexity index is 785. The fraction of sp³-hybridized carbons (Fsp3) is 0.480. The van der Waals surface area contributed by atoms with Crippen molar-refractivity contribution in [1.29, 1.82) is 0 Å². The van der Waals surface area contributed by atoms with Crippen LogP contribution in [0.1, 0.15) is 36.5 Å². The lowest BCUT2D eigenvalue weighted by Gasteiger charge is -2.33. The number of hydrogen-bond donors (Lipinski definition) is 3. The normalized spacial score (nSPS) is 17.0. The Hall–Kier alpha value is -2.37. The SMILES string of the molecule is CCNC(=NCC(O)Cc1ccccc1)NC1CCN(Cc2cccc(C)c2)CC1. The molecular weight excluding hydrogens is 372 g/mol. The van der Waals surface area contributed by atoms with Gasteiger partial charge in [0, 0.05) is 38.6 Å². The first-order valence-corrected chi connectivity index (χ1v) is 11.2. The van der Waals surface area contributed by atoms with Gasteiger partial charge in [0.05, 0.1) is 12.6 Å². The van der Waals surface area contributed by atoms with E-state index in [-0.39, 0.29) is 0 Å². The molecule has 0 aromatic heterocycles. The van der Waals surface area contributed by atoms with Gasteiger partial charge in [0.25, 0.3) is 0 Å². The number of aryl methyl sites for hydroxylation is 1. The monoisotopic (exact) mass is 408 g/mol. The molecule has 1 unspecified atom stereocenters. The van der Waals surface area contributed by atoms with Gasteiger partial charge in [0.15, 0.2) is 5.96 Å². The Balaban J connectivity index is 1.45. The molecule has 1 aliphatic heterocycles. The maximum absolute atomic E-state index is 10.4. The van der Waals surface area contributed by atoms with E-state index in [1.54, 1.807) is 0 Å². The van der Waals surface area contributed by atoms with Gasteiger partial charge in [0.2, 0.25) is 0 Å². The van der Waals surface area contributed by atoms with Crippen LogP contribution in [-0.2, 0) is 13.0 Å². The van der Waals surface area contributed by atoms with E-state index >= 15 is 0 Å². The summed E-state index contributed by atoms with van der Waals surface area (Å²) in [5, 5.41) is 17.2. The molecule has 0 saturated carbocycles. The smallest absolute Gasteiger partial charge is 0.191 e. The summed E-state index contributed by atoms with van der Waals surface area (Å²) in [4.78, 5) is 7.16. The summed E-state index contributed by atoms with van der Waals surface area (Å²) >= 11 is 0. The lowest BCUT2D eigenvalue weighted by molar-refractivity contribution is 0.183. The summed E-state index contributed by atoms with van der Waals surface area (Å²) in [5.41, 5.74) is 3.85. The number of aliphatic imine (C=N–C) groups is 1. The average molecular weight is 409 g/mol. The summed E-state index contributed by atoms with van der Waals surface area (Å²) in [6, 6.07) is 19.3. The first kappa shape index (κ1) is 22.3. The van der Waals surface area contributed by atoms with Crippen molar-refractivity contribution in [3.05, 3.63) is 71.3 Å². The fourth-order valence-corrected chi connectivity index (χ4v) is 3.96. The van der Waals surface area contributed by atoms with Gasteiger partial charge in [-0.3, -0.25) is 9.89 Å². The van der Waals surface area contributed by atoms with E-state index in [4.69, 9.17) is 0 Å². The van der Waals surface area contributed by atoms with Crippen molar-refractivity contribution >= 4 is 5.96 Å². The summed E-state index contributed by atoms with van der Waals surface area (Å²) in [6.07, 6.45) is 2.35. The highest BCUT2D eigenvalue weighted by Crippen LogP contribution is 2.15. The summed E-state index contributed by atoms with van der Waals surface area (Å²) in [6.45, 7) is 8.63. The van der Waals surface area contributed by atoms with Gasteiger partial charge in [-0.15, -0.1) is 0 Å². The number of hydrogen-bond acceptors (Lipinski definition) is 3. The van der Waals surface area contributed by atoms with Crippen molar-refractivity contribution in [2.24, 2.45) is 4.99 Å². The van der Waals surface area contributed by atoms with Gasteiger partial charge >= 0.3 is 0 Å². The van der Waals surface area contributed by atoms with E-state index in [9.17, 15) is 5.11 Å². The third kappa shape index (κ3) is 7.47. The predicted molar refractivity (Wildman–Crippen MR) is 125 cm³/mol. The standard InChI is InChI=1S/C25H36N4O/c1-3-26-25(27-18-24(30)17-21-9-5-4-6-10-21)28-23-12-14-29(15-13-23)19-22-11-7-8-20(2)16-22/h4-11,16,23-24,30H,3,12-15,17-19H2,1-2H3,(H2,26,27,28). The first-order chi connectivity index (χ1) is 14.6. The molecule has 30 heavy (non-hydrogen) atoms. The number of rotatable bonds is 8. The third-order valence-corrected chi connectivity index (χ3v) is 5.54. The van der Waals surface area contributed by atoms with Crippen molar-refractivity contribution in [2.75, 3.05) is 26.2 Å². The van der Waals surface area contributed by atoms with Crippen LogP contribution in [0.25, 0.3) is 0 Å². The molecule has 1 fully saturated rings. The van der Waals surface area contributed by atoms with Gasteiger partial charge < -0.3 is 15.7 Å². The van der Waals surface area contributed by atoms with E-state index in [0.717, 1.165) is 50.5 Å². The molecule has 5 nitrogen and oxygen atoms in total. The summed E-state index contributed by atoms with van der Waals surface area (Å²) in [7, 11) is 0. The van der Waals surface area contributed by atoms with Gasteiger partial charge in [-0.1, -0.05) is 60.2 Å². The molecule has 0 amide bonds. The van der Waals surface area contributed by atoms with Crippen LogP contribution in [0, 0.1) is 6.92 Å². The number of aliphatic hydroxyl groups excluding tert-OH is 1. The molecular formula is C25H36N4O. The number of piperidine rings is 1. The second kappa shape index (κ2) is 11.7. The summed E-state index contributed by atoms with van der Waals surface area (Å²) < 4.78 is 0. The molecule has 0 aliphatic carbocycles. The number of aliphatic hydroxyl groups is 1. The maximum Gasteiger partial charge on any atom is 0.191 e. The Kier molecular flexibility index (Phi) is 8.72. The van der Waals surface area contributed by atoms with Crippen LogP contribution in [0.4, 0.5) is 0 Å². The quantitative estimate of drug-likeness (QED) is 0.464. The van der Waals surface area contributed by atoms with Crippen molar-refractivity contribution in [1.82, 2.24) is 15.5 Å². The highest BCUT2D eigenvalue weighted by molar-refractivity contribution is 5.80. The third-order valence-electron chi connectivity index (χ3n) is 5.54. The van der Waals surface area contributed by atoms with Crippen molar-refractivity contribution in [3.63, 3.8) is 0 Å². The number of likely N-dealkylation sites (tertiary alicyclic amines) is 1. The van der Waals surface area contributed by atoms with Crippen LogP contribution >= 0.6 is 0 Å². The van der Waals surface area contributed by atoms with E-state index in [2.05, 4.69) is 58.6 Å². The second-order valence-electron chi connectivity index (χ2n) is 8.25. The average Bonchev–Trinajstić information content (AvgIpc) is 2.74. The van der Waals surface area contributed by atoms with Gasteiger partial charge in [-0.2, -0.15) is 0 Å². The molecule has 1 aliphatic rings. The molecule has 0 bridgehead atoms. The minimum absolute atomic E-state index is 0.399. The van der Waals surface area contributed by atoms with Crippen LogP contribution in [-0.4, -0.2) is 54.3 Å². The van der Waals surface area contributed by atoms with Crippen molar-refractivity contribution < 1.29 is 5.11 Å². The fourth-order valence-electron chi connectivity index (χ4n) is 3.96. The van der Waals surface area contributed by atoms with Gasteiger partial charge in [0.1, 0.15) is 0 Å². The Morgan fingerprint density at radius 3 is 2.53 bits per heavy atom. The molecule has 1 saturated heterocycles. The predicted octanol–water partition coefficient (Wildman–Crippen LogP) is 3.12. The minimum atomic E-state index is -0.473. The molecule has 5 heteroatoms. The molecule has 2 aromatic carbocycles. The number of benzene rings is 2. The van der Waals surface area contributed by atoms with Crippen LogP contribution in [0.15, 0.2) is 59.6 Å². The number of guanidine groups is 1. The lowest BCUT2D eigenvalue weighted by atomic mass is 10.0. The Labute approximate surface area is 181 Å². The molecule has 0 spiro atoms. The second-order valence-corrected chi connectivity index (χ2v) is 8.25. The minimum Gasteiger partial charge on any atom is -0.391 e. The van der Waals surface area contributed by atoms with Crippen molar-refractivity contribution in [2.45, 2.75) is 51.8 Å². The zero-order valence-corrected chi connectivity index (χ0v) is 18.3. The highest BCUT2D eigenvalue weighted by atomic mass is 16.3. The lowest BCUT2D eigenvalue weighted by Crippen LogP contribution is -2.48. The van der Waals surface area contributed by atoms with E-state index in [1.807, 2.05) is 30.3 Å². The van der Waals surface area contributed by atoms with Gasteiger partial charge in [-0.05, 0) is 37.8 Å². The topological polar surface area (TPSA) is 59.9 Å². The zero-order chi connectivity index (χ0) is 21.2. The molecule has 1 atom stereocenters. The molecule has 3 rings (SSSR count). The van der Waals surface area contributed by atoms with Crippen molar-refractivity contribution in [3.8, 4) is 0 Å². The summed E-state index contributed by atoms with van der Waals surface area (Å²) in [5.74, 6) is 0.807. The number of nitrogens with zero attached hydrogens (tertiary/aromatic N) is 2. The van der Waals surface area contributed by atoms with E-state index in [1.165, 1.54) is 11.1 Å². The maximum atomic E-state index is 10.4. The molecule has 162 valence electrons. The van der Waals surface area contributed by atoms with E-state index in [0.29, 0.717) is 19.0 Å². The largest absolute Gasteiger partial charge is 0.391 e. The molecule has 3 N–H and O–H groups in total. The zero-order valence-electron chi connectivity index (χ0n) is 18.3. The van der Waals surface area contributed by atoms with E-state index < -0.39 is 6.10 Å². The molecule has 2 aromatic rings. The van der Waals surface area contributed by atoms with Gasteiger partial charge in [-0.25, -0.2) is 0 Å².